The van der Waals surface area contributed by atoms with E-state index in [4.69, 9.17) is 0 Å². The largest absolute Gasteiger partial charge is 0.359 e. The first-order valence-corrected chi connectivity index (χ1v) is 12.5. The van der Waals surface area contributed by atoms with Crippen molar-refractivity contribution in [1.82, 2.24) is 10.2 Å². The maximum absolute atomic E-state index is 12.7. The summed E-state index contributed by atoms with van der Waals surface area (Å²) >= 11 is 0. The Morgan fingerprint density at radius 2 is 1.61 bits per heavy atom. The van der Waals surface area contributed by atoms with Crippen molar-refractivity contribution >= 4 is 11.8 Å². The number of aryl methyl sites for hydroxylation is 2. The van der Waals surface area contributed by atoms with Crippen LogP contribution < -0.4 is 5.32 Å². The molecule has 1 N–H and O–H groups in total. The molecule has 0 spiro atoms. The van der Waals surface area contributed by atoms with E-state index in [1.807, 2.05) is 6.92 Å². The van der Waals surface area contributed by atoms with Crippen LogP contribution in [0, 0.1) is 6.92 Å². The van der Waals surface area contributed by atoms with Gasteiger partial charge in [-0.3, -0.25) is 9.59 Å². The number of rotatable bonds is 8. The first-order chi connectivity index (χ1) is 15.9. The number of benzene rings is 2. The Hall–Kier alpha value is -2.62. The van der Waals surface area contributed by atoms with Crippen molar-refractivity contribution in [2.75, 3.05) is 20.1 Å². The van der Waals surface area contributed by atoms with Gasteiger partial charge in [-0.25, -0.2) is 0 Å². The summed E-state index contributed by atoms with van der Waals surface area (Å²) in [5.74, 6) is 0.405. The Morgan fingerprint density at radius 3 is 2.12 bits per heavy atom. The summed E-state index contributed by atoms with van der Waals surface area (Å²) in [6, 6.07) is 19.5. The predicted molar refractivity (Wildman–Crippen MR) is 137 cm³/mol. The highest BCUT2D eigenvalue weighted by molar-refractivity contribution is 5.76. The van der Waals surface area contributed by atoms with Gasteiger partial charge in [0, 0.05) is 33.0 Å². The SMILES string of the molecule is CCC(=O)NC.CCCCC1(c2ccccc2)CCN(C(=O)CCc2ccc(C)cc2)CC1. The average Bonchev–Trinajstić information content (AvgIpc) is 2.87. The quantitative estimate of drug-likeness (QED) is 0.551. The fourth-order valence-corrected chi connectivity index (χ4v) is 4.51. The molecule has 1 heterocycles. The fraction of sp³-hybridized carbons (Fsp3) is 0.517. The van der Waals surface area contributed by atoms with Crippen LogP contribution in [0.15, 0.2) is 54.6 Å². The molecule has 0 aliphatic carbocycles. The van der Waals surface area contributed by atoms with E-state index in [9.17, 15) is 9.59 Å². The van der Waals surface area contributed by atoms with Crippen molar-refractivity contribution in [1.29, 1.82) is 0 Å². The summed E-state index contributed by atoms with van der Waals surface area (Å²) in [5, 5.41) is 2.48. The van der Waals surface area contributed by atoms with Gasteiger partial charge in [-0.1, -0.05) is 86.8 Å². The Morgan fingerprint density at radius 1 is 0.970 bits per heavy atom. The van der Waals surface area contributed by atoms with Crippen molar-refractivity contribution in [2.24, 2.45) is 0 Å². The lowest BCUT2D eigenvalue weighted by Crippen LogP contribution is -2.45. The number of nitrogens with one attached hydrogen (secondary N) is 1. The Bertz CT molecular complexity index is 832. The van der Waals surface area contributed by atoms with Gasteiger partial charge in [0.15, 0.2) is 0 Å². The molecule has 0 saturated carbocycles. The number of likely N-dealkylation sites (tertiary alicyclic amines) is 1. The molecule has 4 nitrogen and oxygen atoms in total. The average molecular weight is 451 g/mol. The van der Waals surface area contributed by atoms with Gasteiger partial charge in [0.25, 0.3) is 0 Å². The van der Waals surface area contributed by atoms with Crippen LogP contribution in [0.5, 0.6) is 0 Å². The lowest BCUT2D eigenvalue weighted by atomic mass is 9.69. The molecule has 0 atom stereocenters. The van der Waals surface area contributed by atoms with E-state index in [0.29, 0.717) is 18.7 Å². The van der Waals surface area contributed by atoms with Crippen LogP contribution in [-0.4, -0.2) is 36.9 Å². The molecule has 33 heavy (non-hydrogen) atoms. The monoisotopic (exact) mass is 450 g/mol. The highest BCUT2D eigenvalue weighted by atomic mass is 16.2. The van der Waals surface area contributed by atoms with Crippen molar-refractivity contribution in [3.63, 3.8) is 0 Å². The second-order valence-corrected chi connectivity index (χ2v) is 9.14. The maximum Gasteiger partial charge on any atom is 0.222 e. The smallest absolute Gasteiger partial charge is 0.222 e. The van der Waals surface area contributed by atoms with Crippen molar-refractivity contribution in [2.45, 2.75) is 77.6 Å². The molecule has 180 valence electrons. The lowest BCUT2D eigenvalue weighted by Gasteiger charge is -2.42. The van der Waals surface area contributed by atoms with Gasteiger partial charge < -0.3 is 10.2 Å². The number of nitrogens with zero attached hydrogens (tertiary/aromatic N) is 1. The first-order valence-electron chi connectivity index (χ1n) is 12.5. The normalized spacial score (nSPS) is 14.7. The molecule has 1 saturated heterocycles. The van der Waals surface area contributed by atoms with E-state index >= 15 is 0 Å². The highest BCUT2D eigenvalue weighted by Gasteiger charge is 2.36. The highest BCUT2D eigenvalue weighted by Crippen LogP contribution is 2.40. The molecular weight excluding hydrogens is 408 g/mol. The zero-order valence-corrected chi connectivity index (χ0v) is 21.0. The number of piperidine rings is 1. The summed E-state index contributed by atoms with van der Waals surface area (Å²) in [5.41, 5.74) is 4.24. The second-order valence-electron chi connectivity index (χ2n) is 9.14. The summed E-state index contributed by atoms with van der Waals surface area (Å²) in [6.07, 6.45) is 7.95. The van der Waals surface area contributed by atoms with Gasteiger partial charge in [-0.2, -0.15) is 0 Å². The first kappa shape index (κ1) is 26.6. The number of carbonyl (C=O) groups is 2. The summed E-state index contributed by atoms with van der Waals surface area (Å²) < 4.78 is 0. The number of unbranched alkanes of at least 4 members (excludes halogenated alkanes) is 1. The summed E-state index contributed by atoms with van der Waals surface area (Å²) in [4.78, 5) is 24.9. The topological polar surface area (TPSA) is 49.4 Å². The van der Waals surface area contributed by atoms with Gasteiger partial charge in [0.05, 0.1) is 0 Å². The van der Waals surface area contributed by atoms with Crippen LogP contribution in [0.1, 0.15) is 75.5 Å². The number of carbonyl (C=O) groups excluding carboxylic acids is 2. The standard InChI is InChI=1S/C25H33NO.C4H9NO/c1-3-4-16-25(23-8-6-5-7-9-23)17-19-26(20-18-25)24(27)15-14-22-12-10-21(2)11-13-22;1-3-4(6)5-2/h5-13H,3-4,14-20H2,1-2H3;3H2,1-2H3,(H,5,6). The number of amides is 2. The van der Waals surface area contributed by atoms with Crippen LogP contribution >= 0.6 is 0 Å². The molecule has 2 amide bonds. The zero-order chi connectivity index (χ0) is 24.1. The Kier molecular flexibility index (Phi) is 11.2. The van der Waals surface area contributed by atoms with E-state index in [-0.39, 0.29) is 11.3 Å². The van der Waals surface area contributed by atoms with E-state index in [1.54, 1.807) is 7.05 Å². The molecule has 4 heteroatoms. The summed E-state index contributed by atoms with van der Waals surface area (Å²) in [7, 11) is 1.63. The van der Waals surface area contributed by atoms with Crippen molar-refractivity contribution < 1.29 is 9.59 Å². The molecular formula is C29H42N2O2. The van der Waals surface area contributed by atoms with Crippen molar-refractivity contribution in [3.05, 3.63) is 71.3 Å². The van der Waals surface area contributed by atoms with Crippen LogP contribution in [-0.2, 0) is 21.4 Å². The van der Waals surface area contributed by atoms with Gasteiger partial charge in [0.2, 0.25) is 11.8 Å². The van der Waals surface area contributed by atoms with Gasteiger partial charge in [-0.15, -0.1) is 0 Å². The second kappa shape index (κ2) is 13.8. The predicted octanol–water partition coefficient (Wildman–Crippen LogP) is 5.82. The molecule has 0 aromatic heterocycles. The van der Waals surface area contributed by atoms with E-state index < -0.39 is 0 Å². The van der Waals surface area contributed by atoms with Gasteiger partial charge in [0.1, 0.15) is 0 Å². The third-order valence-electron chi connectivity index (χ3n) is 6.82. The number of hydrogen-bond donors (Lipinski definition) is 1. The number of hydrogen-bond acceptors (Lipinski definition) is 2. The van der Waals surface area contributed by atoms with Crippen LogP contribution in [0.2, 0.25) is 0 Å². The third kappa shape index (κ3) is 8.34. The van der Waals surface area contributed by atoms with E-state index in [0.717, 1.165) is 32.4 Å². The van der Waals surface area contributed by atoms with Crippen LogP contribution in [0.4, 0.5) is 0 Å². The van der Waals surface area contributed by atoms with E-state index in [2.05, 4.69) is 78.7 Å². The molecule has 0 radical (unpaired) electrons. The Labute approximate surface area is 200 Å². The molecule has 3 rings (SSSR count). The minimum absolute atomic E-state index is 0.0926. The fourth-order valence-electron chi connectivity index (χ4n) is 4.51. The molecule has 0 bridgehead atoms. The van der Waals surface area contributed by atoms with Crippen LogP contribution in [0.25, 0.3) is 0 Å². The molecule has 1 aliphatic rings. The molecule has 1 aliphatic heterocycles. The Balaban J connectivity index is 0.000000569. The maximum atomic E-state index is 12.7. The zero-order valence-electron chi connectivity index (χ0n) is 21.0. The third-order valence-corrected chi connectivity index (χ3v) is 6.82. The molecule has 2 aromatic rings. The molecule has 0 unspecified atom stereocenters. The van der Waals surface area contributed by atoms with Gasteiger partial charge >= 0.3 is 0 Å². The van der Waals surface area contributed by atoms with Gasteiger partial charge in [-0.05, 0) is 49.1 Å². The minimum atomic E-state index is 0.0926. The summed E-state index contributed by atoms with van der Waals surface area (Å²) in [6.45, 7) is 7.97. The minimum Gasteiger partial charge on any atom is -0.359 e. The van der Waals surface area contributed by atoms with Crippen molar-refractivity contribution in [3.8, 4) is 0 Å². The molecule has 2 aromatic carbocycles. The van der Waals surface area contributed by atoms with Crippen LogP contribution in [0.3, 0.4) is 0 Å². The van der Waals surface area contributed by atoms with E-state index in [1.165, 1.54) is 36.0 Å². The molecule has 1 fully saturated rings. The lowest BCUT2D eigenvalue weighted by molar-refractivity contribution is -0.132.